The lowest BCUT2D eigenvalue weighted by Crippen LogP contribution is -2.38. The number of hydrogen-bond acceptors (Lipinski definition) is 4. The van der Waals surface area contributed by atoms with Gasteiger partial charge in [-0.05, 0) is 31.9 Å². The van der Waals surface area contributed by atoms with Gasteiger partial charge in [0.1, 0.15) is 5.76 Å². The summed E-state index contributed by atoms with van der Waals surface area (Å²) in [5.74, 6) is 1.83. The van der Waals surface area contributed by atoms with E-state index < -0.39 is 0 Å². The summed E-state index contributed by atoms with van der Waals surface area (Å²) in [6, 6.07) is 3.89. The second-order valence-corrected chi connectivity index (χ2v) is 5.23. The number of nitrogens with zero attached hydrogens (tertiary/aromatic N) is 1. The number of furan rings is 1. The SMILES string of the molecule is CCNC(=NCCCOC1CCOC1)NCCc1ccco1. The van der Waals surface area contributed by atoms with E-state index in [0.717, 1.165) is 70.4 Å². The smallest absolute Gasteiger partial charge is 0.191 e. The summed E-state index contributed by atoms with van der Waals surface area (Å²) in [7, 11) is 0. The summed E-state index contributed by atoms with van der Waals surface area (Å²) >= 11 is 0. The molecule has 6 heteroatoms. The van der Waals surface area contributed by atoms with Gasteiger partial charge in [-0.2, -0.15) is 0 Å². The van der Waals surface area contributed by atoms with E-state index in [0.29, 0.717) is 0 Å². The number of rotatable bonds is 9. The van der Waals surface area contributed by atoms with Crippen LogP contribution in [0.2, 0.25) is 0 Å². The molecule has 1 aliphatic rings. The van der Waals surface area contributed by atoms with Crippen molar-refractivity contribution >= 4 is 5.96 Å². The number of guanidine groups is 1. The van der Waals surface area contributed by atoms with Crippen molar-refractivity contribution in [3.8, 4) is 0 Å². The van der Waals surface area contributed by atoms with E-state index in [4.69, 9.17) is 13.9 Å². The highest BCUT2D eigenvalue weighted by Gasteiger charge is 2.15. The van der Waals surface area contributed by atoms with Crippen LogP contribution >= 0.6 is 0 Å². The molecular weight excluding hydrogens is 282 g/mol. The fraction of sp³-hybridized carbons (Fsp3) is 0.688. The minimum Gasteiger partial charge on any atom is -0.469 e. The van der Waals surface area contributed by atoms with Gasteiger partial charge in [0.2, 0.25) is 0 Å². The molecular formula is C16H27N3O3. The third kappa shape index (κ3) is 6.49. The average Bonchev–Trinajstić information content (AvgIpc) is 3.20. The lowest BCUT2D eigenvalue weighted by Gasteiger charge is -2.11. The topological polar surface area (TPSA) is 68.0 Å². The highest BCUT2D eigenvalue weighted by atomic mass is 16.5. The van der Waals surface area contributed by atoms with Crippen LogP contribution in [0.5, 0.6) is 0 Å². The monoisotopic (exact) mass is 309 g/mol. The Balaban J connectivity index is 1.58. The van der Waals surface area contributed by atoms with Crippen LogP contribution in [0.4, 0.5) is 0 Å². The summed E-state index contributed by atoms with van der Waals surface area (Å²) in [5, 5.41) is 6.55. The number of aliphatic imine (C=N–C) groups is 1. The zero-order chi connectivity index (χ0) is 15.5. The van der Waals surface area contributed by atoms with Crippen molar-refractivity contribution in [2.24, 2.45) is 4.99 Å². The molecule has 2 N–H and O–H groups in total. The van der Waals surface area contributed by atoms with E-state index in [2.05, 4.69) is 22.5 Å². The molecule has 0 spiro atoms. The summed E-state index contributed by atoms with van der Waals surface area (Å²) in [6.45, 7) is 6.77. The maximum atomic E-state index is 5.73. The van der Waals surface area contributed by atoms with E-state index >= 15 is 0 Å². The van der Waals surface area contributed by atoms with Gasteiger partial charge >= 0.3 is 0 Å². The van der Waals surface area contributed by atoms with Crippen LogP contribution in [0.1, 0.15) is 25.5 Å². The van der Waals surface area contributed by atoms with Gasteiger partial charge in [-0.15, -0.1) is 0 Å². The highest BCUT2D eigenvalue weighted by Crippen LogP contribution is 2.08. The molecule has 1 fully saturated rings. The maximum absolute atomic E-state index is 5.73. The highest BCUT2D eigenvalue weighted by molar-refractivity contribution is 5.79. The predicted octanol–water partition coefficient (Wildman–Crippen LogP) is 1.57. The van der Waals surface area contributed by atoms with Crippen molar-refractivity contribution in [2.45, 2.75) is 32.3 Å². The van der Waals surface area contributed by atoms with E-state index in [-0.39, 0.29) is 6.10 Å². The molecule has 0 aromatic carbocycles. The van der Waals surface area contributed by atoms with Crippen molar-refractivity contribution < 1.29 is 13.9 Å². The van der Waals surface area contributed by atoms with Crippen LogP contribution in [-0.4, -0.2) is 51.5 Å². The van der Waals surface area contributed by atoms with Crippen LogP contribution in [0.25, 0.3) is 0 Å². The Morgan fingerprint density at radius 3 is 3.14 bits per heavy atom. The van der Waals surface area contributed by atoms with Crippen molar-refractivity contribution in [3.63, 3.8) is 0 Å². The quantitative estimate of drug-likeness (QED) is 0.412. The molecule has 124 valence electrons. The summed E-state index contributed by atoms with van der Waals surface area (Å²) in [5.41, 5.74) is 0. The zero-order valence-electron chi connectivity index (χ0n) is 13.3. The minimum atomic E-state index is 0.281. The van der Waals surface area contributed by atoms with Crippen LogP contribution in [0.15, 0.2) is 27.8 Å². The minimum absolute atomic E-state index is 0.281. The number of ether oxygens (including phenoxy) is 2. The average molecular weight is 309 g/mol. The summed E-state index contributed by atoms with van der Waals surface area (Å²) in [6.07, 6.45) is 4.76. The van der Waals surface area contributed by atoms with Crippen LogP contribution in [0, 0.1) is 0 Å². The molecule has 6 nitrogen and oxygen atoms in total. The molecule has 1 atom stereocenters. The Morgan fingerprint density at radius 2 is 2.41 bits per heavy atom. The third-order valence-corrected chi connectivity index (χ3v) is 3.40. The Hall–Kier alpha value is -1.53. The van der Waals surface area contributed by atoms with Gasteiger partial charge in [-0.1, -0.05) is 0 Å². The lowest BCUT2D eigenvalue weighted by atomic mass is 10.3. The first-order chi connectivity index (χ1) is 10.9. The molecule has 22 heavy (non-hydrogen) atoms. The predicted molar refractivity (Wildman–Crippen MR) is 86.2 cm³/mol. The standard InChI is InChI=1S/C16H27N3O3/c1-2-17-16(19-9-6-14-5-3-10-21-14)18-8-4-11-22-15-7-12-20-13-15/h3,5,10,15H,2,4,6-9,11-13H2,1H3,(H2,17,18,19). The van der Waals surface area contributed by atoms with Crippen molar-refractivity contribution in [3.05, 3.63) is 24.2 Å². The lowest BCUT2D eigenvalue weighted by molar-refractivity contribution is 0.0424. The second kappa shape index (κ2) is 10.2. The van der Waals surface area contributed by atoms with Gasteiger partial charge < -0.3 is 24.5 Å². The molecule has 0 radical (unpaired) electrons. The first-order valence-corrected chi connectivity index (χ1v) is 8.12. The van der Waals surface area contributed by atoms with E-state index in [9.17, 15) is 0 Å². The molecule has 0 amide bonds. The molecule has 0 bridgehead atoms. The molecule has 1 aromatic rings. The van der Waals surface area contributed by atoms with Gasteiger partial charge in [0.05, 0.1) is 19.0 Å². The van der Waals surface area contributed by atoms with E-state index in [1.54, 1.807) is 6.26 Å². The van der Waals surface area contributed by atoms with Crippen LogP contribution in [-0.2, 0) is 15.9 Å². The van der Waals surface area contributed by atoms with Gasteiger partial charge in [0.25, 0.3) is 0 Å². The largest absolute Gasteiger partial charge is 0.469 e. The molecule has 2 heterocycles. The van der Waals surface area contributed by atoms with Crippen molar-refractivity contribution in [2.75, 3.05) is 39.5 Å². The van der Waals surface area contributed by atoms with Gasteiger partial charge in [0, 0.05) is 39.3 Å². The third-order valence-electron chi connectivity index (χ3n) is 3.40. The maximum Gasteiger partial charge on any atom is 0.191 e. The van der Waals surface area contributed by atoms with Crippen LogP contribution in [0.3, 0.4) is 0 Å². The van der Waals surface area contributed by atoms with E-state index in [1.807, 2.05) is 12.1 Å². The fourth-order valence-electron chi connectivity index (χ4n) is 2.25. The molecule has 1 saturated heterocycles. The van der Waals surface area contributed by atoms with Gasteiger partial charge in [0.15, 0.2) is 5.96 Å². The van der Waals surface area contributed by atoms with Crippen LogP contribution < -0.4 is 10.6 Å². The van der Waals surface area contributed by atoms with Crippen molar-refractivity contribution in [1.29, 1.82) is 0 Å². The Labute approximate surface area is 132 Å². The fourth-order valence-corrected chi connectivity index (χ4v) is 2.25. The molecule has 2 rings (SSSR count). The summed E-state index contributed by atoms with van der Waals surface area (Å²) in [4.78, 5) is 4.55. The van der Waals surface area contributed by atoms with Crippen molar-refractivity contribution in [1.82, 2.24) is 10.6 Å². The number of hydrogen-bond donors (Lipinski definition) is 2. The first kappa shape index (κ1) is 16.8. The van der Waals surface area contributed by atoms with Gasteiger partial charge in [-0.3, -0.25) is 4.99 Å². The Kier molecular flexibility index (Phi) is 7.83. The van der Waals surface area contributed by atoms with Gasteiger partial charge in [-0.25, -0.2) is 0 Å². The van der Waals surface area contributed by atoms with E-state index in [1.165, 1.54) is 0 Å². The molecule has 1 aliphatic heterocycles. The molecule has 0 saturated carbocycles. The first-order valence-electron chi connectivity index (χ1n) is 8.12. The number of nitrogens with one attached hydrogen (secondary N) is 2. The molecule has 0 aliphatic carbocycles. The second-order valence-electron chi connectivity index (χ2n) is 5.23. The Bertz CT molecular complexity index is 414. The molecule has 1 unspecified atom stereocenters. The normalized spacial score (nSPS) is 18.6. The Morgan fingerprint density at radius 1 is 1.45 bits per heavy atom. The molecule has 1 aromatic heterocycles. The zero-order valence-corrected chi connectivity index (χ0v) is 13.3. The summed E-state index contributed by atoms with van der Waals surface area (Å²) < 4.78 is 16.3.